The van der Waals surface area contributed by atoms with Crippen molar-refractivity contribution >= 4 is 23.4 Å². The maximum absolute atomic E-state index is 12.3. The van der Waals surface area contributed by atoms with Crippen LogP contribution in [-0.4, -0.2) is 32.6 Å². The SMILES string of the molecule is CC(OC(=O)c1ccc(-n2cncn2)cc1)C(=O)c1cccc(Cl)c1. The van der Waals surface area contributed by atoms with Gasteiger partial charge in [-0.15, -0.1) is 0 Å². The Morgan fingerprint density at radius 2 is 1.88 bits per heavy atom. The molecule has 6 nitrogen and oxygen atoms in total. The zero-order valence-electron chi connectivity index (χ0n) is 13.3. The molecule has 0 saturated heterocycles. The average molecular weight is 356 g/mol. The molecule has 0 fully saturated rings. The zero-order chi connectivity index (χ0) is 17.8. The fraction of sp³-hybridized carbons (Fsp3) is 0.111. The maximum Gasteiger partial charge on any atom is 0.338 e. The summed E-state index contributed by atoms with van der Waals surface area (Å²) in [5.74, 6) is -0.886. The number of ketones is 1. The number of benzene rings is 2. The second-order valence-electron chi connectivity index (χ2n) is 5.31. The Labute approximate surface area is 149 Å². The molecule has 2 aromatic carbocycles. The molecule has 0 saturated carbocycles. The van der Waals surface area contributed by atoms with E-state index in [1.54, 1.807) is 59.5 Å². The normalized spacial score (nSPS) is 11.8. The number of aromatic nitrogens is 3. The van der Waals surface area contributed by atoms with E-state index in [0.29, 0.717) is 16.1 Å². The van der Waals surface area contributed by atoms with Crippen LogP contribution >= 0.6 is 11.6 Å². The second-order valence-corrected chi connectivity index (χ2v) is 5.75. The van der Waals surface area contributed by atoms with Crippen molar-refractivity contribution in [1.82, 2.24) is 14.8 Å². The third kappa shape index (κ3) is 3.92. The van der Waals surface area contributed by atoms with Crippen LogP contribution in [0, 0.1) is 0 Å². The van der Waals surface area contributed by atoms with Crippen molar-refractivity contribution < 1.29 is 14.3 Å². The van der Waals surface area contributed by atoms with Crippen molar-refractivity contribution in [3.8, 4) is 5.69 Å². The van der Waals surface area contributed by atoms with Gasteiger partial charge in [-0.25, -0.2) is 14.5 Å². The average Bonchev–Trinajstić information content (AvgIpc) is 3.15. The Morgan fingerprint density at radius 1 is 1.12 bits per heavy atom. The molecule has 0 N–H and O–H groups in total. The van der Waals surface area contributed by atoms with Crippen LogP contribution in [0.15, 0.2) is 61.2 Å². The van der Waals surface area contributed by atoms with Gasteiger partial charge in [0.15, 0.2) is 6.10 Å². The van der Waals surface area contributed by atoms with Crippen molar-refractivity contribution in [2.45, 2.75) is 13.0 Å². The first-order chi connectivity index (χ1) is 12.0. The van der Waals surface area contributed by atoms with E-state index >= 15 is 0 Å². The van der Waals surface area contributed by atoms with Gasteiger partial charge in [0.1, 0.15) is 12.7 Å². The molecule has 25 heavy (non-hydrogen) atoms. The van der Waals surface area contributed by atoms with Crippen LogP contribution in [-0.2, 0) is 4.74 Å². The van der Waals surface area contributed by atoms with Crippen LogP contribution in [0.1, 0.15) is 27.6 Å². The van der Waals surface area contributed by atoms with E-state index in [1.165, 1.54) is 13.3 Å². The fourth-order valence-electron chi connectivity index (χ4n) is 2.25. The first-order valence-corrected chi connectivity index (χ1v) is 7.88. The van der Waals surface area contributed by atoms with Gasteiger partial charge in [0, 0.05) is 10.6 Å². The Kier molecular flexibility index (Phi) is 4.90. The molecule has 0 aliphatic heterocycles. The smallest absolute Gasteiger partial charge is 0.338 e. The summed E-state index contributed by atoms with van der Waals surface area (Å²) < 4.78 is 6.83. The number of carbonyl (C=O) groups is 2. The number of carbonyl (C=O) groups excluding carboxylic acids is 2. The van der Waals surface area contributed by atoms with Gasteiger partial charge >= 0.3 is 5.97 Å². The Balaban J connectivity index is 1.68. The van der Waals surface area contributed by atoms with E-state index in [2.05, 4.69) is 10.1 Å². The lowest BCUT2D eigenvalue weighted by Gasteiger charge is -2.13. The predicted octanol–water partition coefficient (Wildman–Crippen LogP) is 3.35. The molecule has 126 valence electrons. The van der Waals surface area contributed by atoms with E-state index in [4.69, 9.17) is 16.3 Å². The maximum atomic E-state index is 12.3. The molecule has 1 aromatic heterocycles. The number of nitrogens with zero attached hydrogens (tertiary/aromatic N) is 3. The van der Waals surface area contributed by atoms with E-state index in [0.717, 1.165) is 5.69 Å². The predicted molar refractivity (Wildman–Crippen MR) is 92.0 cm³/mol. The molecular formula is C18H14ClN3O3. The number of ether oxygens (including phenoxy) is 1. The molecule has 0 bridgehead atoms. The summed E-state index contributed by atoms with van der Waals surface area (Å²) in [7, 11) is 0. The molecular weight excluding hydrogens is 342 g/mol. The molecule has 1 unspecified atom stereocenters. The summed E-state index contributed by atoms with van der Waals surface area (Å²) >= 11 is 5.88. The fourth-order valence-corrected chi connectivity index (χ4v) is 2.44. The lowest BCUT2D eigenvalue weighted by atomic mass is 10.1. The quantitative estimate of drug-likeness (QED) is 0.518. The van der Waals surface area contributed by atoms with E-state index in [9.17, 15) is 9.59 Å². The van der Waals surface area contributed by atoms with Crippen LogP contribution < -0.4 is 0 Å². The molecule has 3 rings (SSSR count). The van der Waals surface area contributed by atoms with Gasteiger partial charge in [0.2, 0.25) is 5.78 Å². The molecule has 0 radical (unpaired) electrons. The number of halogens is 1. The van der Waals surface area contributed by atoms with Gasteiger partial charge in [-0.05, 0) is 43.3 Å². The summed E-state index contributed by atoms with van der Waals surface area (Å²) in [6, 6.07) is 13.2. The number of hydrogen-bond donors (Lipinski definition) is 0. The number of Topliss-reactive ketones (excluding diaryl/α,β-unsaturated/α-hetero) is 1. The van der Waals surface area contributed by atoms with Crippen molar-refractivity contribution in [3.05, 3.63) is 77.3 Å². The molecule has 0 amide bonds. The molecule has 1 atom stereocenters. The van der Waals surface area contributed by atoms with Gasteiger partial charge in [-0.2, -0.15) is 5.10 Å². The highest BCUT2D eigenvalue weighted by Crippen LogP contribution is 2.15. The van der Waals surface area contributed by atoms with Crippen molar-refractivity contribution in [1.29, 1.82) is 0 Å². The first kappa shape index (κ1) is 16.9. The van der Waals surface area contributed by atoms with Crippen molar-refractivity contribution in [2.24, 2.45) is 0 Å². The third-order valence-electron chi connectivity index (χ3n) is 3.55. The van der Waals surface area contributed by atoms with Crippen LogP contribution in [0.25, 0.3) is 5.69 Å². The molecule has 1 heterocycles. The van der Waals surface area contributed by atoms with Gasteiger partial charge in [0.25, 0.3) is 0 Å². The summed E-state index contributed by atoms with van der Waals surface area (Å²) in [5.41, 5.74) is 1.50. The largest absolute Gasteiger partial charge is 0.451 e. The molecule has 3 aromatic rings. The summed E-state index contributed by atoms with van der Waals surface area (Å²) in [4.78, 5) is 28.4. The lowest BCUT2D eigenvalue weighted by molar-refractivity contribution is 0.0319. The van der Waals surface area contributed by atoms with E-state index < -0.39 is 12.1 Å². The second kappa shape index (κ2) is 7.27. The minimum Gasteiger partial charge on any atom is -0.451 e. The molecule has 0 spiro atoms. The third-order valence-corrected chi connectivity index (χ3v) is 3.78. The highest BCUT2D eigenvalue weighted by molar-refractivity contribution is 6.31. The van der Waals surface area contributed by atoms with Crippen molar-refractivity contribution in [3.63, 3.8) is 0 Å². The Morgan fingerprint density at radius 3 is 2.52 bits per heavy atom. The minimum atomic E-state index is -0.916. The van der Waals surface area contributed by atoms with Crippen LogP contribution in [0.2, 0.25) is 5.02 Å². The summed E-state index contributed by atoms with van der Waals surface area (Å²) in [5, 5.41) is 4.46. The highest BCUT2D eigenvalue weighted by atomic mass is 35.5. The van der Waals surface area contributed by atoms with Crippen LogP contribution in [0.4, 0.5) is 0 Å². The molecule has 7 heteroatoms. The number of hydrogen-bond acceptors (Lipinski definition) is 5. The number of rotatable bonds is 5. The Hall–Kier alpha value is -2.99. The zero-order valence-corrected chi connectivity index (χ0v) is 14.1. The van der Waals surface area contributed by atoms with Crippen LogP contribution in [0.5, 0.6) is 0 Å². The van der Waals surface area contributed by atoms with Gasteiger partial charge in [-0.3, -0.25) is 4.79 Å². The van der Waals surface area contributed by atoms with E-state index in [1.807, 2.05) is 0 Å². The van der Waals surface area contributed by atoms with Crippen LogP contribution in [0.3, 0.4) is 0 Å². The van der Waals surface area contributed by atoms with Gasteiger partial charge in [-0.1, -0.05) is 23.7 Å². The molecule has 0 aliphatic rings. The minimum absolute atomic E-state index is 0.310. The lowest BCUT2D eigenvalue weighted by Crippen LogP contribution is -2.24. The van der Waals surface area contributed by atoms with E-state index in [-0.39, 0.29) is 5.78 Å². The standard InChI is InChI=1S/C18H14ClN3O3/c1-12(17(23)14-3-2-4-15(19)9-14)25-18(24)13-5-7-16(8-6-13)22-11-20-10-21-22/h2-12H,1H3. The monoisotopic (exact) mass is 355 g/mol. The Bertz CT molecular complexity index is 892. The molecule has 0 aliphatic carbocycles. The summed E-state index contributed by atoms with van der Waals surface area (Å²) in [6.45, 7) is 1.53. The summed E-state index contributed by atoms with van der Waals surface area (Å²) in [6.07, 6.45) is 2.06. The van der Waals surface area contributed by atoms with Gasteiger partial charge in [0.05, 0.1) is 11.3 Å². The highest BCUT2D eigenvalue weighted by Gasteiger charge is 2.20. The van der Waals surface area contributed by atoms with Crippen molar-refractivity contribution in [2.75, 3.05) is 0 Å². The van der Waals surface area contributed by atoms with Gasteiger partial charge < -0.3 is 4.74 Å². The topological polar surface area (TPSA) is 74.1 Å². The first-order valence-electron chi connectivity index (χ1n) is 7.50. The number of esters is 1.